The van der Waals surface area contributed by atoms with Gasteiger partial charge in [0.25, 0.3) is 5.91 Å². The van der Waals surface area contributed by atoms with Crippen molar-refractivity contribution in [2.75, 3.05) is 10.6 Å². The van der Waals surface area contributed by atoms with Gasteiger partial charge in [-0.25, -0.2) is 0 Å². The highest BCUT2D eigenvalue weighted by Gasteiger charge is 2.18. The number of nitrogens with zero attached hydrogens (tertiary/aromatic N) is 1. The summed E-state index contributed by atoms with van der Waals surface area (Å²) in [6.45, 7) is 0. The molecule has 0 saturated carbocycles. The lowest BCUT2D eigenvalue weighted by molar-refractivity contribution is 0.102. The lowest BCUT2D eigenvalue weighted by Gasteiger charge is -2.08. The Hall–Kier alpha value is -2.80. The number of amides is 1. The maximum Gasteiger partial charge on any atom is 0.257 e. The summed E-state index contributed by atoms with van der Waals surface area (Å²) in [5, 5.41) is 14.9. The van der Waals surface area contributed by atoms with Gasteiger partial charge in [0.2, 0.25) is 0 Å². The van der Waals surface area contributed by atoms with Crippen LogP contribution in [0.1, 0.15) is 15.9 Å². The van der Waals surface area contributed by atoms with Crippen LogP contribution in [0.15, 0.2) is 42.5 Å². The van der Waals surface area contributed by atoms with Gasteiger partial charge in [0.05, 0.1) is 34.3 Å². The van der Waals surface area contributed by atoms with E-state index in [-0.39, 0.29) is 5.91 Å². The molecule has 2 aromatic carbocycles. The van der Waals surface area contributed by atoms with Crippen LogP contribution in [0.2, 0.25) is 0 Å². The molecule has 0 saturated heterocycles. The van der Waals surface area contributed by atoms with Crippen molar-refractivity contribution in [3.8, 4) is 6.07 Å². The van der Waals surface area contributed by atoms with Crippen molar-refractivity contribution in [3.05, 3.63) is 53.6 Å². The summed E-state index contributed by atoms with van der Waals surface area (Å²) in [7, 11) is 0. The third-order valence-electron chi connectivity index (χ3n) is 2.84. The molecule has 0 aliphatic carbocycles. The van der Waals surface area contributed by atoms with Crippen LogP contribution in [0.5, 0.6) is 0 Å². The number of hydrogen-bond donors (Lipinski definition) is 2. The number of nitrogens with one attached hydrogen (secondary N) is 2. The number of fused-ring (bicyclic) bond motifs is 2. The van der Waals surface area contributed by atoms with E-state index in [1.165, 1.54) is 0 Å². The van der Waals surface area contributed by atoms with Crippen LogP contribution in [-0.2, 0) is 0 Å². The fourth-order valence-electron chi connectivity index (χ4n) is 1.95. The van der Waals surface area contributed by atoms with Crippen LogP contribution in [0.3, 0.4) is 0 Å². The van der Waals surface area contributed by atoms with Gasteiger partial charge < -0.3 is 10.6 Å². The Morgan fingerprint density at radius 3 is 2.61 bits per heavy atom. The lowest BCUT2D eigenvalue weighted by atomic mass is 10.1. The van der Waals surface area contributed by atoms with E-state index >= 15 is 0 Å². The summed E-state index contributed by atoms with van der Waals surface area (Å²) in [5.74, 6) is -0.151. The van der Waals surface area contributed by atoms with Gasteiger partial charge in [0.1, 0.15) is 0 Å². The second kappa shape index (κ2) is 3.90. The van der Waals surface area contributed by atoms with E-state index < -0.39 is 0 Å². The molecule has 0 fully saturated rings. The van der Waals surface area contributed by atoms with Gasteiger partial charge in [-0.15, -0.1) is 0 Å². The molecule has 3 rings (SSSR count). The highest BCUT2D eigenvalue weighted by Crippen LogP contribution is 2.32. The topological polar surface area (TPSA) is 64.9 Å². The summed E-state index contributed by atoms with van der Waals surface area (Å²) >= 11 is 0. The number of rotatable bonds is 0. The highest BCUT2D eigenvalue weighted by molar-refractivity contribution is 6.12. The van der Waals surface area contributed by atoms with Gasteiger partial charge >= 0.3 is 0 Å². The van der Waals surface area contributed by atoms with E-state index in [4.69, 9.17) is 5.26 Å². The fraction of sp³-hybridized carbons (Fsp3) is 0. The monoisotopic (exact) mass is 235 g/mol. The maximum atomic E-state index is 12.0. The van der Waals surface area contributed by atoms with Crippen LogP contribution in [0.25, 0.3) is 0 Å². The first-order valence-electron chi connectivity index (χ1n) is 5.49. The molecular formula is C14H9N3O. The van der Waals surface area contributed by atoms with E-state index in [0.717, 1.165) is 11.4 Å². The molecule has 0 spiro atoms. The summed E-state index contributed by atoms with van der Waals surface area (Å²) in [6, 6.07) is 14.5. The number of carbonyl (C=O) groups excluding carboxylic acids is 1. The molecule has 0 aromatic heterocycles. The average Bonchev–Trinajstić information content (AvgIpc) is 2.54. The minimum Gasteiger partial charge on any atom is -0.353 e. The molecule has 86 valence electrons. The average molecular weight is 235 g/mol. The number of para-hydroxylation sites is 1. The molecular weight excluding hydrogens is 226 g/mol. The second-order valence-electron chi connectivity index (χ2n) is 4.00. The van der Waals surface area contributed by atoms with Gasteiger partial charge in [-0.3, -0.25) is 4.79 Å². The largest absolute Gasteiger partial charge is 0.353 e. The first kappa shape index (κ1) is 10.4. The van der Waals surface area contributed by atoms with Crippen LogP contribution in [0, 0.1) is 11.3 Å². The zero-order valence-electron chi connectivity index (χ0n) is 9.40. The van der Waals surface area contributed by atoms with Crippen LogP contribution in [0.4, 0.5) is 17.1 Å². The first-order chi connectivity index (χ1) is 8.78. The van der Waals surface area contributed by atoms with Gasteiger partial charge in [-0.05, 0) is 30.3 Å². The summed E-state index contributed by atoms with van der Waals surface area (Å²) in [5.41, 5.74) is 3.29. The standard InChI is InChI=1S/C14H9N3O/c15-8-9-5-6-12-13(7-9)16-11-4-2-1-3-10(11)14(18)17-12/h1-7,16H,(H,17,18). The smallest absolute Gasteiger partial charge is 0.257 e. The van der Waals surface area contributed by atoms with E-state index in [9.17, 15) is 4.79 Å². The fourth-order valence-corrected chi connectivity index (χ4v) is 1.95. The van der Waals surface area contributed by atoms with E-state index in [2.05, 4.69) is 16.7 Å². The van der Waals surface area contributed by atoms with Crippen molar-refractivity contribution in [2.24, 2.45) is 0 Å². The van der Waals surface area contributed by atoms with Crippen LogP contribution in [-0.4, -0.2) is 5.91 Å². The van der Waals surface area contributed by atoms with Crippen molar-refractivity contribution in [3.63, 3.8) is 0 Å². The predicted molar refractivity (Wildman–Crippen MR) is 68.8 cm³/mol. The molecule has 0 atom stereocenters. The Balaban J connectivity index is 2.17. The van der Waals surface area contributed by atoms with Crippen molar-refractivity contribution >= 4 is 23.0 Å². The molecule has 1 aliphatic rings. The summed E-state index contributed by atoms with van der Waals surface area (Å²) in [4.78, 5) is 12.0. The van der Waals surface area contributed by atoms with Crippen LogP contribution < -0.4 is 10.6 Å². The van der Waals surface area contributed by atoms with Crippen molar-refractivity contribution < 1.29 is 4.79 Å². The van der Waals surface area contributed by atoms with Gasteiger partial charge in [0.15, 0.2) is 0 Å². The van der Waals surface area contributed by atoms with E-state index in [1.807, 2.05) is 18.2 Å². The highest BCUT2D eigenvalue weighted by atomic mass is 16.1. The number of carbonyl (C=O) groups is 1. The molecule has 2 aromatic rings. The van der Waals surface area contributed by atoms with Crippen molar-refractivity contribution in [2.45, 2.75) is 0 Å². The zero-order valence-corrected chi connectivity index (χ0v) is 9.40. The van der Waals surface area contributed by atoms with Crippen molar-refractivity contribution in [1.29, 1.82) is 5.26 Å². The molecule has 4 heteroatoms. The van der Waals surface area contributed by atoms with Crippen LogP contribution >= 0.6 is 0 Å². The summed E-state index contributed by atoms with van der Waals surface area (Å²) < 4.78 is 0. The molecule has 1 amide bonds. The van der Waals surface area contributed by atoms with Gasteiger partial charge in [-0.1, -0.05) is 12.1 Å². The van der Waals surface area contributed by atoms with Crippen molar-refractivity contribution in [1.82, 2.24) is 0 Å². The van der Waals surface area contributed by atoms with Gasteiger partial charge in [0, 0.05) is 0 Å². The Morgan fingerprint density at radius 1 is 0.944 bits per heavy atom. The number of anilines is 3. The first-order valence-corrected chi connectivity index (χ1v) is 5.49. The lowest BCUT2D eigenvalue weighted by Crippen LogP contribution is -2.10. The number of nitriles is 1. The maximum absolute atomic E-state index is 12.0. The summed E-state index contributed by atoms with van der Waals surface area (Å²) in [6.07, 6.45) is 0. The molecule has 18 heavy (non-hydrogen) atoms. The Labute approximate surface area is 104 Å². The molecule has 0 radical (unpaired) electrons. The minimum absolute atomic E-state index is 0.151. The molecule has 1 aliphatic heterocycles. The molecule has 2 N–H and O–H groups in total. The molecule has 1 heterocycles. The molecule has 4 nitrogen and oxygen atoms in total. The Kier molecular flexibility index (Phi) is 2.24. The predicted octanol–water partition coefficient (Wildman–Crippen LogP) is 2.87. The quantitative estimate of drug-likeness (QED) is 0.737. The second-order valence-corrected chi connectivity index (χ2v) is 4.00. The third kappa shape index (κ3) is 1.59. The zero-order chi connectivity index (χ0) is 12.5. The Bertz CT molecular complexity index is 686. The molecule has 0 unspecified atom stereocenters. The number of hydrogen-bond acceptors (Lipinski definition) is 3. The van der Waals surface area contributed by atoms with E-state index in [1.54, 1.807) is 24.3 Å². The van der Waals surface area contributed by atoms with Gasteiger partial charge in [-0.2, -0.15) is 5.26 Å². The SMILES string of the molecule is N#Cc1ccc2c(c1)Nc1ccccc1C(=O)N2. The third-order valence-corrected chi connectivity index (χ3v) is 2.84. The van der Waals surface area contributed by atoms with E-state index in [0.29, 0.717) is 16.8 Å². The minimum atomic E-state index is -0.151. The molecule has 0 bridgehead atoms. The normalized spacial score (nSPS) is 12.3. The Morgan fingerprint density at radius 2 is 1.78 bits per heavy atom. The number of benzene rings is 2.